The number of para-hydroxylation sites is 2. The first kappa shape index (κ1) is 11.3. The first-order chi connectivity index (χ1) is 7.81. The molecule has 88 valence electrons. The fraction of sp³-hybridized carbons (Fsp3) is 0.571. The van der Waals surface area contributed by atoms with E-state index in [4.69, 9.17) is 5.73 Å². The van der Waals surface area contributed by atoms with E-state index in [9.17, 15) is 0 Å². The summed E-state index contributed by atoms with van der Waals surface area (Å²) in [6, 6.07) is 8.21. The molecule has 1 aliphatic rings. The van der Waals surface area contributed by atoms with Gasteiger partial charge in [0.1, 0.15) is 0 Å². The molecular formula is C14H22N2. The van der Waals surface area contributed by atoms with E-state index in [-0.39, 0.29) is 0 Å². The van der Waals surface area contributed by atoms with Gasteiger partial charge in [-0.1, -0.05) is 31.9 Å². The van der Waals surface area contributed by atoms with Crippen LogP contribution in [0, 0.1) is 5.92 Å². The van der Waals surface area contributed by atoms with Gasteiger partial charge in [-0.2, -0.15) is 0 Å². The molecule has 0 amide bonds. The lowest BCUT2D eigenvalue weighted by atomic mass is 10.2. The Morgan fingerprint density at radius 1 is 1.25 bits per heavy atom. The highest BCUT2D eigenvalue weighted by Gasteiger charge is 2.22. The van der Waals surface area contributed by atoms with E-state index in [1.807, 2.05) is 12.1 Å². The third-order valence-corrected chi connectivity index (χ3v) is 3.28. The Bertz CT molecular complexity index is 331. The molecule has 2 heteroatoms. The van der Waals surface area contributed by atoms with Crippen LogP contribution in [0.4, 0.5) is 11.4 Å². The van der Waals surface area contributed by atoms with Gasteiger partial charge in [0.15, 0.2) is 0 Å². The molecule has 1 aromatic carbocycles. The molecule has 0 spiro atoms. The van der Waals surface area contributed by atoms with Gasteiger partial charge < -0.3 is 10.6 Å². The highest BCUT2D eigenvalue weighted by Crippen LogP contribution is 2.33. The second-order valence-corrected chi connectivity index (χ2v) is 4.78. The molecule has 0 aliphatic heterocycles. The minimum atomic E-state index is 0.909. The fourth-order valence-corrected chi connectivity index (χ4v) is 2.14. The zero-order chi connectivity index (χ0) is 11.4. The van der Waals surface area contributed by atoms with Crippen molar-refractivity contribution in [3.8, 4) is 0 Å². The van der Waals surface area contributed by atoms with Crippen LogP contribution in [0.3, 0.4) is 0 Å². The summed E-state index contributed by atoms with van der Waals surface area (Å²) in [5, 5.41) is 0. The molecule has 0 radical (unpaired) electrons. The van der Waals surface area contributed by atoms with Crippen molar-refractivity contribution in [1.29, 1.82) is 0 Å². The Balaban J connectivity index is 2.01. The number of nitrogen functional groups attached to an aromatic ring is 1. The molecular weight excluding hydrogens is 196 g/mol. The molecule has 1 saturated carbocycles. The molecule has 0 unspecified atom stereocenters. The summed E-state index contributed by atoms with van der Waals surface area (Å²) in [6.45, 7) is 4.50. The molecule has 0 atom stereocenters. The lowest BCUT2D eigenvalue weighted by Crippen LogP contribution is -2.26. The standard InChI is InChI=1S/C14H22N2/c1-2-10-16(11-9-12-7-8-12)14-6-4-3-5-13(14)15/h3-6,12H,2,7-11,15H2,1H3. The van der Waals surface area contributed by atoms with Crippen LogP contribution in [-0.2, 0) is 0 Å². The molecule has 2 rings (SSSR count). The summed E-state index contributed by atoms with van der Waals surface area (Å²) in [6.07, 6.45) is 5.38. The second kappa shape index (κ2) is 5.24. The molecule has 16 heavy (non-hydrogen) atoms. The lowest BCUT2D eigenvalue weighted by molar-refractivity contribution is 0.669. The van der Waals surface area contributed by atoms with E-state index < -0.39 is 0 Å². The molecule has 0 aromatic heterocycles. The molecule has 1 fully saturated rings. The van der Waals surface area contributed by atoms with E-state index in [2.05, 4.69) is 24.0 Å². The Kier molecular flexibility index (Phi) is 3.70. The van der Waals surface area contributed by atoms with E-state index in [0.29, 0.717) is 0 Å². The molecule has 1 aromatic rings. The third-order valence-electron chi connectivity index (χ3n) is 3.28. The number of hydrogen-bond acceptors (Lipinski definition) is 2. The third kappa shape index (κ3) is 2.91. The number of nitrogens with two attached hydrogens (primary N) is 1. The highest BCUT2D eigenvalue weighted by atomic mass is 15.1. The van der Waals surface area contributed by atoms with Gasteiger partial charge in [-0.3, -0.25) is 0 Å². The molecule has 0 bridgehead atoms. The van der Waals surface area contributed by atoms with Crippen molar-refractivity contribution in [3.63, 3.8) is 0 Å². The van der Waals surface area contributed by atoms with Crippen molar-refractivity contribution in [2.75, 3.05) is 23.7 Å². The SMILES string of the molecule is CCCN(CCC1CC1)c1ccccc1N. The first-order valence-corrected chi connectivity index (χ1v) is 6.40. The van der Waals surface area contributed by atoms with Crippen molar-refractivity contribution in [2.24, 2.45) is 5.92 Å². The zero-order valence-corrected chi connectivity index (χ0v) is 10.2. The van der Waals surface area contributed by atoms with Crippen LogP contribution < -0.4 is 10.6 Å². The summed E-state index contributed by atoms with van der Waals surface area (Å²) < 4.78 is 0. The van der Waals surface area contributed by atoms with Crippen molar-refractivity contribution in [3.05, 3.63) is 24.3 Å². The van der Waals surface area contributed by atoms with Crippen LogP contribution in [0.1, 0.15) is 32.6 Å². The maximum Gasteiger partial charge on any atom is 0.0599 e. The molecule has 2 nitrogen and oxygen atoms in total. The van der Waals surface area contributed by atoms with Crippen LogP contribution in [0.15, 0.2) is 24.3 Å². The van der Waals surface area contributed by atoms with Crippen LogP contribution in [0.25, 0.3) is 0 Å². The molecule has 0 heterocycles. The predicted octanol–water partition coefficient (Wildman–Crippen LogP) is 3.29. The number of hydrogen-bond donors (Lipinski definition) is 1. The smallest absolute Gasteiger partial charge is 0.0599 e. The summed E-state index contributed by atoms with van der Waals surface area (Å²) >= 11 is 0. The number of rotatable bonds is 6. The van der Waals surface area contributed by atoms with E-state index in [1.54, 1.807) is 0 Å². The summed E-state index contributed by atoms with van der Waals surface area (Å²) in [4.78, 5) is 2.44. The van der Waals surface area contributed by atoms with Gasteiger partial charge in [0, 0.05) is 13.1 Å². The Morgan fingerprint density at radius 3 is 2.62 bits per heavy atom. The lowest BCUT2D eigenvalue weighted by Gasteiger charge is -2.25. The van der Waals surface area contributed by atoms with E-state index >= 15 is 0 Å². The highest BCUT2D eigenvalue weighted by molar-refractivity contribution is 5.67. The largest absolute Gasteiger partial charge is 0.397 e. The van der Waals surface area contributed by atoms with Crippen molar-refractivity contribution in [1.82, 2.24) is 0 Å². The average Bonchev–Trinajstić information content (AvgIpc) is 3.09. The Labute approximate surface area is 98.4 Å². The molecule has 1 aliphatic carbocycles. The van der Waals surface area contributed by atoms with Crippen LogP contribution >= 0.6 is 0 Å². The number of benzene rings is 1. The Hall–Kier alpha value is -1.18. The van der Waals surface area contributed by atoms with Gasteiger partial charge in [0.05, 0.1) is 11.4 Å². The maximum atomic E-state index is 6.03. The van der Waals surface area contributed by atoms with Crippen LogP contribution in [0.5, 0.6) is 0 Å². The van der Waals surface area contributed by atoms with Gasteiger partial charge in [0.25, 0.3) is 0 Å². The van der Waals surface area contributed by atoms with Crippen molar-refractivity contribution in [2.45, 2.75) is 32.6 Å². The summed E-state index contributed by atoms with van der Waals surface area (Å²) in [5.41, 5.74) is 8.15. The van der Waals surface area contributed by atoms with Crippen molar-refractivity contribution < 1.29 is 0 Å². The molecule has 2 N–H and O–H groups in total. The van der Waals surface area contributed by atoms with Gasteiger partial charge >= 0.3 is 0 Å². The second-order valence-electron chi connectivity index (χ2n) is 4.78. The van der Waals surface area contributed by atoms with E-state index in [0.717, 1.165) is 24.7 Å². The normalized spacial score (nSPS) is 15.1. The minimum Gasteiger partial charge on any atom is -0.397 e. The molecule has 0 saturated heterocycles. The Morgan fingerprint density at radius 2 is 2.00 bits per heavy atom. The average molecular weight is 218 g/mol. The van der Waals surface area contributed by atoms with E-state index in [1.165, 1.54) is 31.4 Å². The van der Waals surface area contributed by atoms with Crippen molar-refractivity contribution >= 4 is 11.4 Å². The summed E-state index contributed by atoms with van der Waals surface area (Å²) in [5.74, 6) is 0.990. The quantitative estimate of drug-likeness (QED) is 0.742. The van der Waals surface area contributed by atoms with Crippen LogP contribution in [-0.4, -0.2) is 13.1 Å². The monoisotopic (exact) mass is 218 g/mol. The van der Waals surface area contributed by atoms with Gasteiger partial charge in [-0.25, -0.2) is 0 Å². The summed E-state index contributed by atoms with van der Waals surface area (Å²) in [7, 11) is 0. The predicted molar refractivity (Wildman–Crippen MR) is 70.7 cm³/mol. The zero-order valence-electron chi connectivity index (χ0n) is 10.2. The fourth-order valence-electron chi connectivity index (χ4n) is 2.14. The minimum absolute atomic E-state index is 0.909. The van der Waals surface area contributed by atoms with Gasteiger partial charge in [0.2, 0.25) is 0 Å². The number of nitrogens with zero attached hydrogens (tertiary/aromatic N) is 1. The number of anilines is 2. The van der Waals surface area contributed by atoms with Crippen LogP contribution in [0.2, 0.25) is 0 Å². The van der Waals surface area contributed by atoms with Gasteiger partial charge in [-0.15, -0.1) is 0 Å². The van der Waals surface area contributed by atoms with Gasteiger partial charge in [-0.05, 0) is 30.9 Å². The topological polar surface area (TPSA) is 29.3 Å². The maximum absolute atomic E-state index is 6.03. The first-order valence-electron chi connectivity index (χ1n) is 6.40.